The molecule has 1 rings (SSSR count). The number of nitrogens with one attached hydrogen (secondary N) is 1. The summed E-state index contributed by atoms with van der Waals surface area (Å²) in [5.41, 5.74) is 2.05. The van der Waals surface area contributed by atoms with E-state index in [2.05, 4.69) is 5.32 Å². The van der Waals surface area contributed by atoms with Crippen LogP contribution in [0.3, 0.4) is 0 Å². The lowest BCUT2D eigenvalue weighted by Crippen LogP contribution is -2.08. The van der Waals surface area contributed by atoms with Crippen molar-refractivity contribution in [2.45, 2.75) is 26.7 Å². The number of anilines is 1. The van der Waals surface area contributed by atoms with Crippen LogP contribution in [-0.4, -0.2) is 19.1 Å². The lowest BCUT2D eigenvalue weighted by molar-refractivity contribution is -0.143. The summed E-state index contributed by atoms with van der Waals surface area (Å²) in [6.45, 7) is 4.96. The number of halogens is 1. The molecule has 1 N–H and O–H groups in total. The standard InChI is InChI=1S/C13H18ClNO2/c1-3-17-13(16)8-5-9-15-12-7-4-6-11(14)10(12)2/h4,6-7,15H,3,5,8-9H2,1-2H3. The van der Waals surface area contributed by atoms with Crippen LogP contribution in [0.4, 0.5) is 5.69 Å². The van der Waals surface area contributed by atoms with Gasteiger partial charge in [0.05, 0.1) is 6.61 Å². The van der Waals surface area contributed by atoms with E-state index in [4.69, 9.17) is 16.3 Å². The van der Waals surface area contributed by atoms with Crippen LogP contribution in [0.2, 0.25) is 5.02 Å². The summed E-state index contributed by atoms with van der Waals surface area (Å²) in [5.74, 6) is -0.142. The van der Waals surface area contributed by atoms with Crippen molar-refractivity contribution in [3.8, 4) is 0 Å². The van der Waals surface area contributed by atoms with E-state index in [1.165, 1.54) is 0 Å². The van der Waals surface area contributed by atoms with Crippen molar-refractivity contribution < 1.29 is 9.53 Å². The maximum absolute atomic E-state index is 11.1. The molecule has 1 aromatic rings. The zero-order valence-electron chi connectivity index (χ0n) is 10.3. The average Bonchev–Trinajstić information content (AvgIpc) is 2.30. The summed E-state index contributed by atoms with van der Waals surface area (Å²) in [7, 11) is 0. The lowest BCUT2D eigenvalue weighted by atomic mass is 10.2. The molecule has 94 valence electrons. The highest BCUT2D eigenvalue weighted by molar-refractivity contribution is 6.31. The Bertz CT molecular complexity index is 380. The van der Waals surface area contributed by atoms with E-state index in [1.54, 1.807) is 0 Å². The fraction of sp³-hybridized carbons (Fsp3) is 0.462. The molecule has 0 heterocycles. The quantitative estimate of drug-likeness (QED) is 0.625. The molecule has 0 fully saturated rings. The molecule has 0 bridgehead atoms. The summed E-state index contributed by atoms with van der Waals surface area (Å²) >= 11 is 6.00. The van der Waals surface area contributed by atoms with Gasteiger partial charge >= 0.3 is 5.97 Å². The molecule has 1 aromatic carbocycles. The largest absolute Gasteiger partial charge is 0.466 e. The molecular weight excluding hydrogens is 238 g/mol. The molecule has 0 saturated heterocycles. The van der Waals surface area contributed by atoms with Gasteiger partial charge in [-0.2, -0.15) is 0 Å². The van der Waals surface area contributed by atoms with Crippen molar-refractivity contribution in [3.05, 3.63) is 28.8 Å². The van der Waals surface area contributed by atoms with Gasteiger partial charge in [-0.15, -0.1) is 0 Å². The Kier molecular flexibility index (Phi) is 5.84. The van der Waals surface area contributed by atoms with E-state index in [-0.39, 0.29) is 5.97 Å². The molecule has 3 nitrogen and oxygen atoms in total. The molecule has 0 aromatic heterocycles. The van der Waals surface area contributed by atoms with E-state index >= 15 is 0 Å². The van der Waals surface area contributed by atoms with Crippen molar-refractivity contribution >= 4 is 23.3 Å². The Labute approximate surface area is 107 Å². The minimum Gasteiger partial charge on any atom is -0.466 e. The smallest absolute Gasteiger partial charge is 0.305 e. The SMILES string of the molecule is CCOC(=O)CCCNc1cccc(Cl)c1C. The Morgan fingerprint density at radius 2 is 2.24 bits per heavy atom. The molecule has 0 amide bonds. The van der Waals surface area contributed by atoms with Gasteiger partial charge in [0, 0.05) is 23.7 Å². The highest BCUT2D eigenvalue weighted by atomic mass is 35.5. The summed E-state index contributed by atoms with van der Waals surface area (Å²) in [4.78, 5) is 11.1. The normalized spacial score (nSPS) is 10.1. The Hall–Kier alpha value is -1.22. The van der Waals surface area contributed by atoms with Crippen LogP contribution in [0.25, 0.3) is 0 Å². The van der Waals surface area contributed by atoms with Crippen LogP contribution < -0.4 is 5.32 Å². The molecule has 0 radical (unpaired) electrons. The third-order valence-electron chi connectivity index (χ3n) is 2.45. The fourth-order valence-corrected chi connectivity index (χ4v) is 1.66. The first-order valence-corrected chi connectivity index (χ1v) is 6.17. The number of carbonyl (C=O) groups excluding carboxylic acids is 1. The average molecular weight is 256 g/mol. The molecule has 0 saturated carbocycles. The maximum Gasteiger partial charge on any atom is 0.305 e. The number of hydrogen-bond acceptors (Lipinski definition) is 3. The molecular formula is C13H18ClNO2. The maximum atomic E-state index is 11.1. The number of carbonyl (C=O) groups is 1. The highest BCUT2D eigenvalue weighted by Gasteiger charge is 2.03. The summed E-state index contributed by atoms with van der Waals surface area (Å²) in [5, 5.41) is 4.01. The lowest BCUT2D eigenvalue weighted by Gasteiger charge is -2.10. The number of hydrogen-bond donors (Lipinski definition) is 1. The summed E-state index contributed by atoms with van der Waals surface area (Å²) in [6.07, 6.45) is 1.20. The van der Waals surface area contributed by atoms with Gasteiger partial charge in [-0.05, 0) is 38.0 Å². The van der Waals surface area contributed by atoms with Gasteiger partial charge in [-0.25, -0.2) is 0 Å². The van der Waals surface area contributed by atoms with Gasteiger partial charge in [0.25, 0.3) is 0 Å². The second-order valence-electron chi connectivity index (χ2n) is 3.75. The first kappa shape index (κ1) is 13.8. The monoisotopic (exact) mass is 255 g/mol. The van der Waals surface area contributed by atoms with Crippen LogP contribution in [0.1, 0.15) is 25.3 Å². The first-order valence-electron chi connectivity index (χ1n) is 5.79. The second kappa shape index (κ2) is 7.17. The van der Waals surface area contributed by atoms with Gasteiger partial charge < -0.3 is 10.1 Å². The van der Waals surface area contributed by atoms with Gasteiger partial charge in [-0.3, -0.25) is 4.79 Å². The molecule has 4 heteroatoms. The number of esters is 1. The number of rotatable bonds is 6. The third kappa shape index (κ3) is 4.65. The van der Waals surface area contributed by atoms with Crippen molar-refractivity contribution in [1.29, 1.82) is 0 Å². The number of ether oxygens (including phenoxy) is 1. The van der Waals surface area contributed by atoms with Crippen LogP contribution in [0, 0.1) is 6.92 Å². The zero-order chi connectivity index (χ0) is 12.7. The molecule has 0 atom stereocenters. The van der Waals surface area contributed by atoms with Gasteiger partial charge in [0.15, 0.2) is 0 Å². The Morgan fingerprint density at radius 1 is 1.47 bits per heavy atom. The van der Waals surface area contributed by atoms with Gasteiger partial charge in [-0.1, -0.05) is 17.7 Å². The molecule has 0 aliphatic carbocycles. The van der Waals surface area contributed by atoms with Crippen LogP contribution in [0.15, 0.2) is 18.2 Å². The van der Waals surface area contributed by atoms with E-state index in [0.717, 1.165) is 29.2 Å². The Morgan fingerprint density at radius 3 is 2.94 bits per heavy atom. The highest BCUT2D eigenvalue weighted by Crippen LogP contribution is 2.22. The van der Waals surface area contributed by atoms with Gasteiger partial charge in [0.2, 0.25) is 0 Å². The fourth-order valence-electron chi connectivity index (χ4n) is 1.49. The first-order chi connectivity index (χ1) is 8.15. The van der Waals surface area contributed by atoms with E-state index < -0.39 is 0 Å². The summed E-state index contributed by atoms with van der Waals surface area (Å²) < 4.78 is 4.85. The van der Waals surface area contributed by atoms with Crippen molar-refractivity contribution in [1.82, 2.24) is 0 Å². The van der Waals surface area contributed by atoms with Crippen LogP contribution >= 0.6 is 11.6 Å². The molecule has 0 unspecified atom stereocenters. The summed E-state index contributed by atoms with van der Waals surface area (Å²) in [6, 6.07) is 5.75. The van der Waals surface area contributed by atoms with Gasteiger partial charge in [0.1, 0.15) is 0 Å². The van der Waals surface area contributed by atoms with E-state index in [9.17, 15) is 4.79 Å². The van der Waals surface area contributed by atoms with Crippen molar-refractivity contribution in [3.63, 3.8) is 0 Å². The minimum atomic E-state index is -0.142. The third-order valence-corrected chi connectivity index (χ3v) is 2.86. The topological polar surface area (TPSA) is 38.3 Å². The van der Waals surface area contributed by atoms with Crippen molar-refractivity contribution in [2.75, 3.05) is 18.5 Å². The Balaban J connectivity index is 2.31. The number of benzene rings is 1. The molecule has 0 aliphatic heterocycles. The van der Waals surface area contributed by atoms with E-state index in [0.29, 0.717) is 13.0 Å². The molecule has 0 aliphatic rings. The molecule has 17 heavy (non-hydrogen) atoms. The predicted octanol–water partition coefficient (Wildman–Crippen LogP) is 3.40. The predicted molar refractivity (Wildman–Crippen MR) is 70.5 cm³/mol. The van der Waals surface area contributed by atoms with E-state index in [1.807, 2.05) is 32.0 Å². The second-order valence-corrected chi connectivity index (χ2v) is 4.15. The van der Waals surface area contributed by atoms with Crippen LogP contribution in [-0.2, 0) is 9.53 Å². The minimum absolute atomic E-state index is 0.142. The van der Waals surface area contributed by atoms with Crippen molar-refractivity contribution in [2.24, 2.45) is 0 Å². The molecule has 0 spiro atoms. The van der Waals surface area contributed by atoms with Crippen LogP contribution in [0.5, 0.6) is 0 Å². The zero-order valence-corrected chi connectivity index (χ0v) is 11.0.